The maximum absolute atomic E-state index is 11.2. The van der Waals surface area contributed by atoms with E-state index >= 15 is 0 Å². The van der Waals surface area contributed by atoms with E-state index in [4.69, 9.17) is 5.53 Å². The van der Waals surface area contributed by atoms with E-state index in [1.807, 2.05) is 0 Å². The smallest absolute Gasteiger partial charge is 0.216 e. The van der Waals surface area contributed by atoms with Gasteiger partial charge in [-0.3, -0.25) is 0 Å². The highest BCUT2D eigenvalue weighted by Gasteiger charge is 2.16. The molecule has 0 spiro atoms. The molecule has 0 aliphatic rings. The van der Waals surface area contributed by atoms with E-state index in [1.54, 1.807) is 0 Å². The minimum atomic E-state index is -4.14. The van der Waals surface area contributed by atoms with Crippen LogP contribution in [0.2, 0.25) is 0 Å². The Balaban J connectivity index is 3.46. The average Bonchev–Trinajstić information content (AvgIpc) is 2.18. The summed E-state index contributed by atoms with van der Waals surface area (Å²) < 4.78 is 25.0. The van der Waals surface area contributed by atoms with E-state index in [0.717, 1.165) is 6.07 Å². The molecule has 1 aromatic rings. The van der Waals surface area contributed by atoms with Gasteiger partial charge in [-0.1, -0.05) is 12.1 Å². The first-order valence-corrected chi connectivity index (χ1v) is 4.79. The molecule has 0 saturated carbocycles. The Bertz CT molecular complexity index is 504. The van der Waals surface area contributed by atoms with Gasteiger partial charge in [-0.15, -0.1) is 4.91 Å². The summed E-state index contributed by atoms with van der Waals surface area (Å²) in [6, 6.07) is 5.20. The molecule has 1 rings (SSSR count). The third kappa shape index (κ3) is 1.87. The van der Waals surface area contributed by atoms with Crippen LogP contribution >= 0.6 is 0 Å². The van der Waals surface area contributed by atoms with Gasteiger partial charge in [0.2, 0.25) is 0 Å². The molecule has 0 unspecified atom stereocenters. The third-order valence-electron chi connectivity index (χ3n) is 1.39. The van der Waals surface area contributed by atoms with Gasteiger partial charge >= 0.3 is 0 Å². The number of nitroso groups, excluding NO2 is 1. The van der Waals surface area contributed by atoms with Crippen molar-refractivity contribution in [3.05, 3.63) is 39.6 Å². The number of rotatable bonds is 3. The molecular weight excluding hydrogens is 208 g/mol. The molecule has 0 aliphatic carbocycles. The van der Waals surface area contributed by atoms with Crippen molar-refractivity contribution < 1.29 is 8.42 Å². The predicted octanol–water partition coefficient (Wildman–Crippen LogP) is 2.08. The molecule has 8 heteroatoms. The van der Waals surface area contributed by atoms with Gasteiger partial charge < -0.3 is 0 Å². The summed E-state index contributed by atoms with van der Waals surface area (Å²) >= 11 is 0. The fraction of sp³-hybridized carbons (Fsp3) is 0. The van der Waals surface area contributed by atoms with Crippen LogP contribution in [-0.2, 0) is 10.0 Å². The normalized spacial score (nSPS) is 10.3. The van der Waals surface area contributed by atoms with Gasteiger partial charge in [0, 0.05) is 9.43 Å². The van der Waals surface area contributed by atoms with Gasteiger partial charge in [-0.2, -0.15) is 0 Å². The van der Waals surface area contributed by atoms with E-state index in [-0.39, 0.29) is 5.69 Å². The standard InChI is InChI=1S/C6H4N4O3S/c7-9-10-14(12,13)6-4-2-1-3-5(6)8-11/h1-4H. The zero-order valence-corrected chi connectivity index (χ0v) is 7.55. The number of hydrogen-bond donors (Lipinski definition) is 0. The molecule has 0 fully saturated rings. The van der Waals surface area contributed by atoms with Crippen LogP contribution in [0.1, 0.15) is 0 Å². The summed E-state index contributed by atoms with van der Waals surface area (Å²) in [5, 5.41) is 2.51. The molecule has 0 aliphatic heterocycles. The molecule has 0 radical (unpaired) electrons. The van der Waals surface area contributed by atoms with Gasteiger partial charge in [0.25, 0.3) is 10.0 Å². The van der Waals surface area contributed by atoms with E-state index in [9.17, 15) is 13.3 Å². The summed E-state index contributed by atoms with van der Waals surface area (Å²) in [4.78, 5) is 12.0. The van der Waals surface area contributed by atoms with Crippen LogP contribution in [0.3, 0.4) is 0 Å². The van der Waals surface area contributed by atoms with Crippen molar-refractivity contribution in [2.75, 3.05) is 0 Å². The Morgan fingerprint density at radius 1 is 1.29 bits per heavy atom. The van der Waals surface area contributed by atoms with Gasteiger partial charge in [0.15, 0.2) is 0 Å². The van der Waals surface area contributed by atoms with Crippen LogP contribution in [0, 0.1) is 4.91 Å². The first kappa shape index (κ1) is 10.2. The minimum Gasteiger partial charge on any atom is -0.216 e. The Morgan fingerprint density at radius 3 is 2.50 bits per heavy atom. The zero-order chi connectivity index (χ0) is 10.6. The molecule has 0 atom stereocenters. The lowest BCUT2D eigenvalue weighted by Crippen LogP contribution is -1.94. The number of azide groups is 1. The van der Waals surface area contributed by atoms with Crippen LogP contribution in [-0.4, -0.2) is 8.42 Å². The highest BCUT2D eigenvalue weighted by molar-refractivity contribution is 7.90. The Kier molecular flexibility index (Phi) is 2.80. The molecule has 1 aromatic carbocycles. The lowest BCUT2D eigenvalue weighted by atomic mass is 10.3. The Hall–Kier alpha value is -1.92. The topological polar surface area (TPSA) is 112 Å². The maximum Gasteiger partial charge on any atom is 0.266 e. The Morgan fingerprint density at radius 2 is 1.93 bits per heavy atom. The van der Waals surface area contributed by atoms with Crippen molar-refractivity contribution in [1.82, 2.24) is 0 Å². The number of nitrogens with zero attached hydrogens (tertiary/aromatic N) is 4. The first-order valence-electron chi connectivity index (χ1n) is 3.35. The molecule has 0 amide bonds. The highest BCUT2D eigenvalue weighted by atomic mass is 32.2. The van der Waals surface area contributed by atoms with Crippen molar-refractivity contribution in [2.24, 2.45) is 9.70 Å². The average molecular weight is 212 g/mol. The molecule has 14 heavy (non-hydrogen) atoms. The second-order valence-corrected chi connectivity index (χ2v) is 3.76. The maximum atomic E-state index is 11.2. The molecular formula is C6H4N4O3S. The molecule has 0 aromatic heterocycles. The van der Waals surface area contributed by atoms with E-state index in [1.165, 1.54) is 18.2 Å². The van der Waals surface area contributed by atoms with E-state index < -0.39 is 14.9 Å². The van der Waals surface area contributed by atoms with Crippen molar-refractivity contribution in [1.29, 1.82) is 0 Å². The van der Waals surface area contributed by atoms with Crippen LogP contribution in [0.5, 0.6) is 0 Å². The summed E-state index contributed by atoms with van der Waals surface area (Å²) in [7, 11) is -4.14. The molecule has 0 saturated heterocycles. The van der Waals surface area contributed by atoms with Gasteiger partial charge in [0.05, 0.1) is 0 Å². The fourth-order valence-corrected chi connectivity index (χ4v) is 1.65. The quantitative estimate of drug-likeness (QED) is 0.330. The highest BCUT2D eigenvalue weighted by Crippen LogP contribution is 2.24. The molecule has 72 valence electrons. The summed E-state index contributed by atoms with van der Waals surface area (Å²) in [5.74, 6) is 0. The second kappa shape index (κ2) is 3.86. The van der Waals surface area contributed by atoms with Crippen molar-refractivity contribution in [3.8, 4) is 0 Å². The van der Waals surface area contributed by atoms with Crippen LogP contribution < -0.4 is 0 Å². The fourth-order valence-electron chi connectivity index (χ4n) is 0.843. The van der Waals surface area contributed by atoms with Crippen molar-refractivity contribution in [2.45, 2.75) is 4.90 Å². The summed E-state index contributed by atoms with van der Waals surface area (Å²) in [6.45, 7) is 0. The predicted molar refractivity (Wildman–Crippen MR) is 48.2 cm³/mol. The molecule has 0 N–H and O–H groups in total. The number of sulfonamides is 1. The Labute approximate surface area is 79.0 Å². The van der Waals surface area contributed by atoms with Gasteiger partial charge in [-0.05, 0) is 22.8 Å². The summed E-state index contributed by atoms with van der Waals surface area (Å²) in [6.07, 6.45) is 0. The first-order chi connectivity index (χ1) is 6.61. The van der Waals surface area contributed by atoms with E-state index in [0.29, 0.717) is 0 Å². The van der Waals surface area contributed by atoms with Crippen molar-refractivity contribution >= 4 is 15.7 Å². The molecule has 7 nitrogen and oxygen atoms in total. The monoisotopic (exact) mass is 212 g/mol. The number of benzene rings is 1. The van der Waals surface area contributed by atoms with E-state index in [2.05, 4.69) is 14.6 Å². The lowest BCUT2D eigenvalue weighted by molar-refractivity contribution is 0.597. The van der Waals surface area contributed by atoms with Crippen molar-refractivity contribution in [3.63, 3.8) is 0 Å². The summed E-state index contributed by atoms with van der Waals surface area (Å²) in [5.41, 5.74) is 7.72. The third-order valence-corrected chi connectivity index (χ3v) is 2.57. The molecule has 0 heterocycles. The second-order valence-electron chi connectivity index (χ2n) is 2.21. The van der Waals surface area contributed by atoms with Crippen LogP contribution in [0.15, 0.2) is 38.9 Å². The zero-order valence-electron chi connectivity index (χ0n) is 6.73. The number of hydrogen-bond acceptors (Lipinski definition) is 4. The van der Waals surface area contributed by atoms with Crippen LogP contribution in [0.4, 0.5) is 5.69 Å². The largest absolute Gasteiger partial charge is 0.266 e. The van der Waals surface area contributed by atoms with Crippen LogP contribution in [0.25, 0.3) is 10.4 Å². The SMILES string of the molecule is [N-]=[N+]=NS(=O)(=O)c1ccccc1N=O. The minimum absolute atomic E-state index is 0.278. The lowest BCUT2D eigenvalue weighted by Gasteiger charge is -1.97. The van der Waals surface area contributed by atoms with Gasteiger partial charge in [0.1, 0.15) is 10.6 Å². The molecule has 0 bridgehead atoms. The van der Waals surface area contributed by atoms with Gasteiger partial charge in [-0.25, -0.2) is 8.42 Å².